The lowest BCUT2D eigenvalue weighted by Gasteiger charge is -2.37. The molecular weight excluding hydrogens is 274 g/mol. The van der Waals surface area contributed by atoms with Crippen molar-refractivity contribution in [2.45, 2.75) is 37.4 Å². The highest BCUT2D eigenvalue weighted by molar-refractivity contribution is 5.84. The van der Waals surface area contributed by atoms with Crippen LogP contribution in [0.15, 0.2) is 11.8 Å². The molecule has 0 aromatic carbocycles. The first kappa shape index (κ1) is 16.4. The van der Waals surface area contributed by atoms with Gasteiger partial charge in [-0.1, -0.05) is 0 Å². The normalized spacial score (nSPS) is 28.9. The van der Waals surface area contributed by atoms with Crippen molar-refractivity contribution in [3.8, 4) is 0 Å². The van der Waals surface area contributed by atoms with Gasteiger partial charge in [-0.25, -0.2) is 4.79 Å². The summed E-state index contributed by atoms with van der Waals surface area (Å²) in [6.07, 6.45) is -5.29. The standard InChI is InChI=1S/C11H17NO8/c1-4(14)12-8-5(15)2-7(11(18)19)20-10(8)9(17)6(16)3-13/h2,5-6,8-10,13,15-17H,3H2,1H3,(H,12,14)(H,18,19)/t5-,6+,8?,9+,10+/m0/s1. The predicted molar refractivity (Wildman–Crippen MR) is 63.3 cm³/mol. The second-order valence-electron chi connectivity index (χ2n) is 4.38. The van der Waals surface area contributed by atoms with Crippen molar-refractivity contribution in [1.29, 1.82) is 0 Å². The number of carboxylic acid groups (broad SMARTS) is 1. The van der Waals surface area contributed by atoms with Crippen molar-refractivity contribution in [1.82, 2.24) is 5.32 Å². The molecule has 1 rings (SSSR count). The molecule has 0 bridgehead atoms. The number of amides is 1. The molecule has 9 heteroatoms. The molecule has 1 heterocycles. The van der Waals surface area contributed by atoms with Crippen molar-refractivity contribution in [2.24, 2.45) is 0 Å². The highest BCUT2D eigenvalue weighted by Gasteiger charge is 2.42. The van der Waals surface area contributed by atoms with Gasteiger partial charge in [0.25, 0.3) is 0 Å². The summed E-state index contributed by atoms with van der Waals surface area (Å²) in [5.41, 5.74) is 0. The van der Waals surface area contributed by atoms with E-state index in [1.165, 1.54) is 0 Å². The lowest BCUT2D eigenvalue weighted by molar-refractivity contribution is -0.149. The monoisotopic (exact) mass is 291 g/mol. The van der Waals surface area contributed by atoms with E-state index in [1.807, 2.05) is 0 Å². The van der Waals surface area contributed by atoms with Gasteiger partial charge in [0.2, 0.25) is 11.7 Å². The van der Waals surface area contributed by atoms with Crippen LogP contribution in [0.3, 0.4) is 0 Å². The van der Waals surface area contributed by atoms with Gasteiger partial charge >= 0.3 is 5.97 Å². The minimum absolute atomic E-state index is 0.541. The van der Waals surface area contributed by atoms with Gasteiger partial charge in [-0.15, -0.1) is 0 Å². The van der Waals surface area contributed by atoms with Crippen LogP contribution in [0.5, 0.6) is 0 Å². The maximum atomic E-state index is 11.1. The van der Waals surface area contributed by atoms with Gasteiger partial charge in [0.15, 0.2) is 6.10 Å². The molecule has 0 saturated carbocycles. The van der Waals surface area contributed by atoms with Gasteiger partial charge in [-0.2, -0.15) is 0 Å². The Bertz CT molecular complexity index is 409. The van der Waals surface area contributed by atoms with Crippen LogP contribution in [0.4, 0.5) is 0 Å². The van der Waals surface area contributed by atoms with Crippen LogP contribution in [0.25, 0.3) is 0 Å². The van der Waals surface area contributed by atoms with E-state index in [-0.39, 0.29) is 0 Å². The Morgan fingerprint density at radius 1 is 1.45 bits per heavy atom. The zero-order chi connectivity index (χ0) is 15.4. The minimum Gasteiger partial charge on any atom is -0.478 e. The quantitative estimate of drug-likeness (QED) is 0.311. The van der Waals surface area contributed by atoms with Crippen molar-refractivity contribution >= 4 is 11.9 Å². The first-order valence-corrected chi connectivity index (χ1v) is 5.81. The Hall–Kier alpha value is -1.68. The molecule has 20 heavy (non-hydrogen) atoms. The summed E-state index contributed by atoms with van der Waals surface area (Å²) in [6.45, 7) is 0.366. The maximum Gasteiger partial charge on any atom is 0.370 e. The summed E-state index contributed by atoms with van der Waals surface area (Å²) in [5.74, 6) is -2.63. The lowest BCUT2D eigenvalue weighted by atomic mass is 9.94. The Balaban J connectivity index is 3.04. The molecule has 0 saturated heterocycles. The molecule has 114 valence electrons. The van der Waals surface area contributed by atoms with E-state index in [2.05, 4.69) is 5.32 Å². The highest BCUT2D eigenvalue weighted by Crippen LogP contribution is 2.22. The summed E-state index contributed by atoms with van der Waals surface area (Å²) in [5, 5.41) is 49.0. The van der Waals surface area contributed by atoms with Crippen LogP contribution in [-0.4, -0.2) is 74.5 Å². The van der Waals surface area contributed by atoms with Crippen molar-refractivity contribution in [3.05, 3.63) is 11.8 Å². The molecule has 0 aromatic heterocycles. The fraction of sp³-hybridized carbons (Fsp3) is 0.636. The number of carbonyl (C=O) groups is 2. The molecule has 0 aliphatic carbocycles. The summed E-state index contributed by atoms with van der Waals surface area (Å²) >= 11 is 0. The third-order valence-electron chi connectivity index (χ3n) is 2.81. The molecule has 9 nitrogen and oxygen atoms in total. The van der Waals surface area contributed by atoms with Gasteiger partial charge in [0, 0.05) is 6.92 Å². The number of rotatable bonds is 5. The van der Waals surface area contributed by atoms with Gasteiger partial charge < -0.3 is 35.6 Å². The second kappa shape index (κ2) is 6.66. The Labute approximate surface area is 114 Å². The average Bonchev–Trinajstić information content (AvgIpc) is 2.38. The van der Waals surface area contributed by atoms with Crippen LogP contribution in [0.1, 0.15) is 6.92 Å². The van der Waals surface area contributed by atoms with Gasteiger partial charge in [-0.3, -0.25) is 4.79 Å². The number of aliphatic carboxylic acids is 1. The molecule has 0 fully saturated rings. The summed E-state index contributed by atoms with van der Waals surface area (Å²) in [4.78, 5) is 21.9. The molecule has 0 radical (unpaired) electrons. The zero-order valence-electron chi connectivity index (χ0n) is 10.6. The molecule has 0 spiro atoms. The van der Waals surface area contributed by atoms with Crippen molar-refractivity contribution < 1.29 is 39.9 Å². The molecule has 0 aromatic rings. The van der Waals surface area contributed by atoms with E-state index >= 15 is 0 Å². The number of carboxylic acids is 1. The predicted octanol–water partition coefficient (Wildman–Crippen LogP) is -3.07. The first-order valence-electron chi connectivity index (χ1n) is 5.81. The average molecular weight is 291 g/mol. The second-order valence-corrected chi connectivity index (χ2v) is 4.38. The fourth-order valence-corrected chi connectivity index (χ4v) is 1.85. The lowest BCUT2D eigenvalue weighted by Crippen LogP contribution is -2.59. The minimum atomic E-state index is -1.70. The van der Waals surface area contributed by atoms with Crippen LogP contribution >= 0.6 is 0 Å². The molecule has 5 atom stereocenters. The van der Waals surface area contributed by atoms with E-state index in [9.17, 15) is 24.9 Å². The summed E-state index contributed by atoms with van der Waals surface area (Å²) in [6, 6.07) is -1.16. The van der Waals surface area contributed by atoms with Gasteiger partial charge in [-0.05, 0) is 6.08 Å². The van der Waals surface area contributed by atoms with Crippen LogP contribution in [-0.2, 0) is 14.3 Å². The van der Waals surface area contributed by atoms with E-state index in [0.717, 1.165) is 13.0 Å². The molecular formula is C11H17NO8. The van der Waals surface area contributed by atoms with Crippen LogP contribution < -0.4 is 5.32 Å². The maximum absolute atomic E-state index is 11.1. The number of ether oxygens (including phenoxy) is 1. The van der Waals surface area contributed by atoms with Gasteiger partial charge in [0.05, 0.1) is 12.6 Å². The van der Waals surface area contributed by atoms with E-state index in [0.29, 0.717) is 0 Å². The number of nitrogens with one attached hydrogen (secondary N) is 1. The third-order valence-corrected chi connectivity index (χ3v) is 2.81. The SMILES string of the molecule is CC(=O)NC1[C@H]([C@H](O)[C@H](O)CO)OC(C(=O)O)=C[C@@H]1O. The zero-order valence-corrected chi connectivity index (χ0v) is 10.6. The number of aliphatic hydroxyl groups excluding tert-OH is 4. The Morgan fingerprint density at radius 2 is 2.05 bits per heavy atom. The van der Waals surface area contributed by atoms with E-state index in [1.54, 1.807) is 0 Å². The van der Waals surface area contributed by atoms with Crippen molar-refractivity contribution in [2.75, 3.05) is 6.61 Å². The first-order chi connectivity index (χ1) is 9.27. The number of hydrogen-bond donors (Lipinski definition) is 6. The van der Waals surface area contributed by atoms with Crippen LogP contribution in [0.2, 0.25) is 0 Å². The smallest absolute Gasteiger partial charge is 0.370 e. The summed E-state index contributed by atoms with van der Waals surface area (Å²) < 4.78 is 4.98. The largest absolute Gasteiger partial charge is 0.478 e. The Kier molecular flexibility index (Phi) is 5.45. The number of aliphatic hydroxyl groups is 4. The van der Waals surface area contributed by atoms with E-state index in [4.69, 9.17) is 14.9 Å². The van der Waals surface area contributed by atoms with Crippen LogP contribution in [0, 0.1) is 0 Å². The van der Waals surface area contributed by atoms with Crippen molar-refractivity contribution in [3.63, 3.8) is 0 Å². The summed E-state index contributed by atoms with van der Waals surface area (Å²) in [7, 11) is 0. The number of carbonyl (C=O) groups excluding carboxylic acids is 1. The molecule has 1 unspecified atom stereocenters. The fourth-order valence-electron chi connectivity index (χ4n) is 1.85. The third kappa shape index (κ3) is 3.67. The van der Waals surface area contributed by atoms with Gasteiger partial charge in [0.1, 0.15) is 18.3 Å². The Morgan fingerprint density at radius 3 is 2.50 bits per heavy atom. The topological polar surface area (TPSA) is 157 Å². The highest BCUT2D eigenvalue weighted by atomic mass is 16.5. The molecule has 1 aliphatic rings. The molecule has 1 aliphatic heterocycles. The van der Waals surface area contributed by atoms with E-state index < -0.39 is 54.7 Å². The number of hydrogen-bond acceptors (Lipinski definition) is 7. The molecule has 6 N–H and O–H groups in total. The molecule has 1 amide bonds.